The second-order valence-electron chi connectivity index (χ2n) is 7.52. The topological polar surface area (TPSA) is 65.9 Å². The number of aliphatic hydroxyl groups is 1. The highest BCUT2D eigenvalue weighted by molar-refractivity contribution is 5.79. The Kier molecular flexibility index (Phi) is 6.04. The van der Waals surface area contributed by atoms with E-state index in [-0.39, 0.29) is 30.6 Å². The summed E-state index contributed by atoms with van der Waals surface area (Å²) < 4.78 is 5.80. The van der Waals surface area contributed by atoms with Gasteiger partial charge in [0.1, 0.15) is 0 Å². The lowest BCUT2D eigenvalue weighted by molar-refractivity contribution is -0.129. The van der Waals surface area contributed by atoms with Gasteiger partial charge in [0.25, 0.3) is 0 Å². The molecule has 0 unspecified atom stereocenters. The fourth-order valence-corrected chi connectivity index (χ4v) is 4.11. The van der Waals surface area contributed by atoms with Crippen LogP contribution in [-0.4, -0.2) is 77.3 Å². The molecule has 6 nitrogen and oxygen atoms in total. The molecule has 4 atom stereocenters. The highest BCUT2D eigenvalue weighted by Gasteiger charge is 2.36. The number of morpholine rings is 1. The second kappa shape index (κ2) is 8.25. The molecule has 1 amide bonds. The Morgan fingerprint density at radius 3 is 2.60 bits per heavy atom. The fourth-order valence-electron chi connectivity index (χ4n) is 4.11. The summed E-state index contributed by atoms with van der Waals surface area (Å²) in [4.78, 5) is 21.0. The van der Waals surface area contributed by atoms with Gasteiger partial charge >= 0.3 is 0 Å². The normalized spacial score (nSPS) is 30.6. The molecule has 0 spiro atoms. The van der Waals surface area contributed by atoms with E-state index in [1.54, 1.807) is 12.4 Å². The molecule has 1 aromatic heterocycles. The van der Waals surface area contributed by atoms with Gasteiger partial charge in [0.2, 0.25) is 5.91 Å². The van der Waals surface area contributed by atoms with Gasteiger partial charge < -0.3 is 14.7 Å². The Balaban J connectivity index is 1.57. The molecule has 138 valence electrons. The van der Waals surface area contributed by atoms with Crippen molar-refractivity contribution in [3.63, 3.8) is 0 Å². The third-order valence-corrected chi connectivity index (χ3v) is 5.23. The van der Waals surface area contributed by atoms with Gasteiger partial charge in [0, 0.05) is 57.6 Å². The summed E-state index contributed by atoms with van der Waals surface area (Å²) >= 11 is 0. The summed E-state index contributed by atoms with van der Waals surface area (Å²) in [7, 11) is 0. The van der Waals surface area contributed by atoms with Crippen molar-refractivity contribution in [3.05, 3.63) is 30.1 Å². The number of amides is 1. The number of ether oxygens (including phenoxy) is 1. The number of hydrogen-bond acceptors (Lipinski definition) is 5. The average molecular weight is 347 g/mol. The van der Waals surface area contributed by atoms with Crippen LogP contribution in [-0.2, 0) is 16.0 Å². The van der Waals surface area contributed by atoms with Gasteiger partial charge in [-0.05, 0) is 31.4 Å². The first kappa shape index (κ1) is 18.3. The summed E-state index contributed by atoms with van der Waals surface area (Å²) in [5.74, 6) is 0.601. The number of rotatable bonds is 5. The number of aliphatic hydroxyl groups excluding tert-OH is 1. The Morgan fingerprint density at radius 1 is 1.24 bits per heavy atom. The molecule has 1 N–H and O–H groups in total. The van der Waals surface area contributed by atoms with Crippen LogP contribution in [0.3, 0.4) is 0 Å². The number of likely N-dealkylation sites (tertiary alicyclic amines) is 1. The van der Waals surface area contributed by atoms with Gasteiger partial charge in [-0.25, -0.2) is 0 Å². The molecular formula is C19H29N3O3. The van der Waals surface area contributed by atoms with E-state index in [0.717, 1.165) is 31.7 Å². The SMILES string of the molecule is C[C@@H]1CN(C[C@@H]2CN(C(=O)Cc3cccnc3)C[C@@H]2CO)C[C@H](C)O1. The lowest BCUT2D eigenvalue weighted by Gasteiger charge is -2.37. The van der Waals surface area contributed by atoms with Crippen molar-refractivity contribution in [2.24, 2.45) is 11.8 Å². The standard InChI is InChI=1S/C19H29N3O3/c1-14-8-21(9-15(2)25-14)10-17-11-22(12-18(17)13-23)19(24)6-16-4-3-5-20-7-16/h3-5,7,14-15,17-18,23H,6,8-13H2,1-2H3/t14-,15+,17-,18-/m1/s1. The minimum atomic E-state index is 0.123. The van der Waals surface area contributed by atoms with Crippen molar-refractivity contribution in [1.82, 2.24) is 14.8 Å². The zero-order valence-electron chi connectivity index (χ0n) is 15.2. The molecule has 2 fully saturated rings. The van der Waals surface area contributed by atoms with E-state index in [4.69, 9.17) is 4.74 Å². The summed E-state index contributed by atoms with van der Waals surface area (Å²) in [5.41, 5.74) is 0.937. The zero-order valence-corrected chi connectivity index (χ0v) is 15.2. The van der Waals surface area contributed by atoms with Crippen LogP contribution in [0.5, 0.6) is 0 Å². The summed E-state index contributed by atoms with van der Waals surface area (Å²) in [5, 5.41) is 9.77. The van der Waals surface area contributed by atoms with Gasteiger partial charge in [-0.3, -0.25) is 14.7 Å². The van der Waals surface area contributed by atoms with Gasteiger partial charge in [-0.1, -0.05) is 6.07 Å². The molecular weight excluding hydrogens is 318 g/mol. The smallest absolute Gasteiger partial charge is 0.227 e. The predicted octanol–water partition coefficient (Wildman–Crippen LogP) is 0.800. The van der Waals surface area contributed by atoms with E-state index < -0.39 is 0 Å². The third-order valence-electron chi connectivity index (χ3n) is 5.23. The monoisotopic (exact) mass is 347 g/mol. The summed E-state index contributed by atoms with van der Waals surface area (Å²) in [6, 6.07) is 3.78. The Morgan fingerprint density at radius 2 is 1.96 bits per heavy atom. The quantitative estimate of drug-likeness (QED) is 0.853. The molecule has 0 aromatic carbocycles. The van der Waals surface area contributed by atoms with Crippen LogP contribution >= 0.6 is 0 Å². The lowest BCUT2D eigenvalue weighted by Crippen LogP contribution is -2.48. The van der Waals surface area contributed by atoms with E-state index >= 15 is 0 Å². The number of pyridine rings is 1. The first-order valence-electron chi connectivity index (χ1n) is 9.20. The van der Waals surface area contributed by atoms with Crippen molar-refractivity contribution >= 4 is 5.91 Å². The number of hydrogen-bond donors (Lipinski definition) is 1. The zero-order chi connectivity index (χ0) is 17.8. The van der Waals surface area contributed by atoms with Crippen molar-refractivity contribution in [2.75, 3.05) is 39.3 Å². The van der Waals surface area contributed by atoms with E-state index in [2.05, 4.69) is 23.7 Å². The van der Waals surface area contributed by atoms with Crippen molar-refractivity contribution in [3.8, 4) is 0 Å². The first-order chi connectivity index (χ1) is 12.0. The van der Waals surface area contributed by atoms with Gasteiger partial charge in [-0.15, -0.1) is 0 Å². The molecule has 2 saturated heterocycles. The molecule has 0 bridgehead atoms. The van der Waals surface area contributed by atoms with Crippen LogP contribution in [0.4, 0.5) is 0 Å². The van der Waals surface area contributed by atoms with Crippen LogP contribution in [0.1, 0.15) is 19.4 Å². The van der Waals surface area contributed by atoms with Gasteiger partial charge in [-0.2, -0.15) is 0 Å². The highest BCUT2D eigenvalue weighted by Crippen LogP contribution is 2.26. The number of carbonyl (C=O) groups is 1. The molecule has 0 radical (unpaired) electrons. The molecule has 0 aliphatic carbocycles. The third kappa shape index (κ3) is 4.77. The van der Waals surface area contributed by atoms with Crippen LogP contribution in [0.25, 0.3) is 0 Å². The second-order valence-corrected chi connectivity index (χ2v) is 7.52. The maximum Gasteiger partial charge on any atom is 0.227 e. The molecule has 6 heteroatoms. The Bertz CT molecular complexity index is 558. The van der Waals surface area contributed by atoms with E-state index in [1.165, 1.54) is 0 Å². The lowest BCUT2D eigenvalue weighted by atomic mass is 9.96. The van der Waals surface area contributed by atoms with Gasteiger partial charge in [0.05, 0.1) is 18.6 Å². The molecule has 3 rings (SSSR count). The van der Waals surface area contributed by atoms with E-state index in [9.17, 15) is 9.90 Å². The van der Waals surface area contributed by atoms with Crippen molar-refractivity contribution in [1.29, 1.82) is 0 Å². The van der Waals surface area contributed by atoms with E-state index in [0.29, 0.717) is 18.9 Å². The van der Waals surface area contributed by atoms with Crippen LogP contribution in [0, 0.1) is 11.8 Å². The number of aromatic nitrogens is 1. The summed E-state index contributed by atoms with van der Waals surface area (Å²) in [6.45, 7) is 8.47. The Labute approximate surface area is 149 Å². The predicted molar refractivity (Wildman–Crippen MR) is 95.0 cm³/mol. The highest BCUT2D eigenvalue weighted by atomic mass is 16.5. The first-order valence-corrected chi connectivity index (χ1v) is 9.20. The fraction of sp³-hybridized carbons (Fsp3) is 0.684. The minimum Gasteiger partial charge on any atom is -0.396 e. The van der Waals surface area contributed by atoms with Crippen LogP contribution in [0.15, 0.2) is 24.5 Å². The molecule has 1 aromatic rings. The summed E-state index contributed by atoms with van der Waals surface area (Å²) in [6.07, 6.45) is 4.31. The molecule has 2 aliphatic heterocycles. The minimum absolute atomic E-state index is 0.123. The van der Waals surface area contributed by atoms with E-state index in [1.807, 2.05) is 17.0 Å². The van der Waals surface area contributed by atoms with Crippen LogP contribution in [0.2, 0.25) is 0 Å². The number of carbonyl (C=O) groups excluding carboxylic acids is 1. The van der Waals surface area contributed by atoms with Crippen molar-refractivity contribution in [2.45, 2.75) is 32.5 Å². The molecule has 25 heavy (non-hydrogen) atoms. The van der Waals surface area contributed by atoms with Crippen molar-refractivity contribution < 1.29 is 14.6 Å². The van der Waals surface area contributed by atoms with Crippen LogP contribution < -0.4 is 0 Å². The maximum absolute atomic E-state index is 12.6. The maximum atomic E-state index is 12.6. The molecule has 2 aliphatic rings. The average Bonchev–Trinajstić information content (AvgIpc) is 2.98. The molecule has 0 saturated carbocycles. The largest absolute Gasteiger partial charge is 0.396 e. The van der Waals surface area contributed by atoms with Gasteiger partial charge in [0.15, 0.2) is 0 Å². The number of nitrogens with zero attached hydrogens (tertiary/aromatic N) is 3. The molecule has 3 heterocycles. The Hall–Kier alpha value is -1.50.